The summed E-state index contributed by atoms with van der Waals surface area (Å²) in [4.78, 5) is 22.3. The topological polar surface area (TPSA) is 86.6 Å². The van der Waals surface area contributed by atoms with E-state index in [9.17, 15) is 14.7 Å². The van der Waals surface area contributed by atoms with Crippen LogP contribution in [0.4, 0.5) is 5.69 Å². The summed E-state index contributed by atoms with van der Waals surface area (Å²) in [6, 6.07) is 11.9. The first-order valence-electron chi connectivity index (χ1n) is 7.69. The van der Waals surface area contributed by atoms with Crippen molar-refractivity contribution in [1.82, 2.24) is 0 Å². The number of phenols is 1. The van der Waals surface area contributed by atoms with Gasteiger partial charge in [0.2, 0.25) is 5.91 Å². The van der Waals surface area contributed by atoms with E-state index in [0.29, 0.717) is 25.8 Å². The predicted octanol–water partition coefficient (Wildman–Crippen LogP) is 5.69. The number of aromatic hydroxyl groups is 1. The maximum absolute atomic E-state index is 11.6. The number of fused-ring (bicyclic) bond motifs is 1. The van der Waals surface area contributed by atoms with Gasteiger partial charge in [0.15, 0.2) is 0 Å². The van der Waals surface area contributed by atoms with Crippen molar-refractivity contribution in [3.63, 3.8) is 0 Å². The number of carboxylic acid groups (broad SMARTS) is 1. The van der Waals surface area contributed by atoms with Crippen molar-refractivity contribution in [2.24, 2.45) is 0 Å². The van der Waals surface area contributed by atoms with Crippen molar-refractivity contribution in [2.45, 2.75) is 6.42 Å². The Hall–Kier alpha value is -2.28. The van der Waals surface area contributed by atoms with Crippen LogP contribution >= 0.6 is 39.1 Å². The normalized spacial score (nSPS) is 10.8. The van der Waals surface area contributed by atoms with Crippen molar-refractivity contribution >= 4 is 67.5 Å². The molecular formula is C19H12BrCl2NO4. The van der Waals surface area contributed by atoms with E-state index in [1.165, 1.54) is 12.1 Å². The van der Waals surface area contributed by atoms with Crippen LogP contribution in [-0.4, -0.2) is 22.1 Å². The molecule has 0 radical (unpaired) electrons. The SMILES string of the molecule is O=C(O)CC(=O)Nc1cc(Cl)c(-c2cccc3c(Br)c(O)ccc23)c(Cl)c1. The number of benzene rings is 3. The van der Waals surface area contributed by atoms with Gasteiger partial charge in [0.1, 0.15) is 12.2 Å². The fourth-order valence-corrected chi connectivity index (χ4v) is 3.94. The molecule has 3 aromatic carbocycles. The summed E-state index contributed by atoms with van der Waals surface area (Å²) >= 11 is 16.2. The van der Waals surface area contributed by atoms with E-state index in [4.69, 9.17) is 28.3 Å². The van der Waals surface area contributed by atoms with E-state index in [0.717, 1.165) is 16.3 Å². The molecule has 0 aliphatic rings. The summed E-state index contributed by atoms with van der Waals surface area (Å²) in [6.45, 7) is 0. The number of carboxylic acids is 1. The standard InChI is InChI=1S/C19H12BrCl2NO4/c20-19-12-3-1-2-11(10(12)4-5-15(19)24)18-13(21)6-9(7-14(18)22)23-16(25)8-17(26)27/h1-7,24H,8H2,(H,23,25)(H,26,27). The first-order chi connectivity index (χ1) is 12.8. The quantitative estimate of drug-likeness (QED) is 0.429. The third-order valence-corrected chi connectivity index (χ3v) is 5.31. The van der Waals surface area contributed by atoms with Gasteiger partial charge >= 0.3 is 5.97 Å². The lowest BCUT2D eigenvalue weighted by atomic mass is 9.97. The molecule has 0 atom stereocenters. The molecule has 3 N–H and O–H groups in total. The van der Waals surface area contributed by atoms with Gasteiger partial charge in [-0.05, 0) is 51.1 Å². The molecule has 0 aromatic heterocycles. The lowest BCUT2D eigenvalue weighted by molar-refractivity contribution is -0.139. The van der Waals surface area contributed by atoms with E-state index in [1.54, 1.807) is 12.1 Å². The highest BCUT2D eigenvalue weighted by molar-refractivity contribution is 9.10. The Kier molecular flexibility index (Phi) is 5.60. The second-order valence-corrected chi connectivity index (χ2v) is 7.34. The zero-order valence-electron chi connectivity index (χ0n) is 13.6. The van der Waals surface area contributed by atoms with E-state index in [1.807, 2.05) is 18.2 Å². The highest BCUT2D eigenvalue weighted by Gasteiger charge is 2.16. The fraction of sp³-hybridized carbons (Fsp3) is 0.0526. The number of anilines is 1. The van der Waals surface area contributed by atoms with Crippen molar-refractivity contribution in [3.05, 3.63) is 57.0 Å². The number of nitrogens with one attached hydrogen (secondary N) is 1. The molecule has 1 amide bonds. The molecule has 3 aromatic rings. The van der Waals surface area contributed by atoms with E-state index in [-0.39, 0.29) is 5.75 Å². The minimum Gasteiger partial charge on any atom is -0.507 e. The molecule has 0 aliphatic heterocycles. The summed E-state index contributed by atoms with van der Waals surface area (Å²) < 4.78 is 0.562. The number of hydrogen-bond donors (Lipinski definition) is 3. The molecule has 27 heavy (non-hydrogen) atoms. The predicted molar refractivity (Wildman–Crippen MR) is 110 cm³/mol. The first-order valence-corrected chi connectivity index (χ1v) is 9.24. The van der Waals surface area contributed by atoms with Crippen molar-refractivity contribution in [2.75, 3.05) is 5.32 Å². The van der Waals surface area contributed by atoms with Gasteiger partial charge in [-0.25, -0.2) is 0 Å². The molecule has 8 heteroatoms. The Morgan fingerprint density at radius 3 is 2.33 bits per heavy atom. The van der Waals surface area contributed by atoms with Gasteiger partial charge in [-0.15, -0.1) is 0 Å². The van der Waals surface area contributed by atoms with Crippen LogP contribution in [0.3, 0.4) is 0 Å². The minimum atomic E-state index is -1.23. The Balaban J connectivity index is 2.08. The monoisotopic (exact) mass is 467 g/mol. The average molecular weight is 469 g/mol. The number of rotatable bonds is 4. The van der Waals surface area contributed by atoms with Gasteiger partial charge in [0.25, 0.3) is 0 Å². The lowest BCUT2D eigenvalue weighted by Gasteiger charge is -2.14. The van der Waals surface area contributed by atoms with Crippen molar-refractivity contribution in [3.8, 4) is 16.9 Å². The number of carbonyl (C=O) groups is 2. The summed E-state index contributed by atoms with van der Waals surface area (Å²) in [5, 5.41) is 23.2. The molecule has 5 nitrogen and oxygen atoms in total. The smallest absolute Gasteiger partial charge is 0.312 e. The summed E-state index contributed by atoms with van der Waals surface area (Å²) in [7, 11) is 0. The molecule has 0 unspecified atom stereocenters. The van der Waals surface area contributed by atoms with Crippen LogP contribution in [0.5, 0.6) is 5.75 Å². The van der Waals surface area contributed by atoms with Crippen LogP contribution in [0.1, 0.15) is 6.42 Å². The molecule has 0 fully saturated rings. The molecule has 0 saturated carbocycles. The fourth-order valence-electron chi connectivity index (χ4n) is 2.77. The third-order valence-electron chi connectivity index (χ3n) is 3.88. The third kappa shape index (κ3) is 4.03. The number of carbonyl (C=O) groups excluding carboxylic acids is 1. The average Bonchev–Trinajstić information content (AvgIpc) is 2.57. The molecule has 0 heterocycles. The zero-order chi connectivity index (χ0) is 19.7. The number of amides is 1. The lowest BCUT2D eigenvalue weighted by Crippen LogP contribution is -2.15. The second kappa shape index (κ2) is 7.76. The van der Waals surface area contributed by atoms with E-state index in [2.05, 4.69) is 21.2 Å². The van der Waals surface area contributed by atoms with Crippen LogP contribution in [0.25, 0.3) is 21.9 Å². The second-order valence-electron chi connectivity index (χ2n) is 5.73. The maximum atomic E-state index is 11.6. The molecule has 3 rings (SSSR count). The van der Waals surface area contributed by atoms with Crippen LogP contribution in [-0.2, 0) is 9.59 Å². The molecule has 0 aliphatic carbocycles. The molecule has 138 valence electrons. The Bertz CT molecular complexity index is 1060. The Labute approximate surface area is 172 Å². The summed E-state index contributed by atoms with van der Waals surface area (Å²) in [5.74, 6) is -1.79. The molecule has 0 saturated heterocycles. The summed E-state index contributed by atoms with van der Waals surface area (Å²) in [6.07, 6.45) is -0.655. The number of halogens is 3. The number of aliphatic carboxylic acids is 1. The van der Waals surface area contributed by atoms with Gasteiger partial charge in [-0.3, -0.25) is 9.59 Å². The Morgan fingerprint density at radius 2 is 1.70 bits per heavy atom. The summed E-state index contributed by atoms with van der Waals surface area (Å²) in [5.41, 5.74) is 1.63. The largest absolute Gasteiger partial charge is 0.507 e. The molecule has 0 bridgehead atoms. The highest BCUT2D eigenvalue weighted by Crippen LogP contribution is 2.43. The van der Waals surface area contributed by atoms with Crippen LogP contribution in [0, 0.1) is 0 Å². The molecule has 0 spiro atoms. The van der Waals surface area contributed by atoms with Gasteiger partial charge in [-0.1, -0.05) is 41.4 Å². The number of phenolic OH excluding ortho intramolecular Hbond substituents is 1. The minimum absolute atomic E-state index is 0.119. The van der Waals surface area contributed by atoms with Gasteiger partial charge in [-0.2, -0.15) is 0 Å². The first kappa shape index (κ1) is 19.5. The van der Waals surface area contributed by atoms with E-state index < -0.39 is 18.3 Å². The zero-order valence-corrected chi connectivity index (χ0v) is 16.7. The van der Waals surface area contributed by atoms with Crippen LogP contribution in [0.15, 0.2) is 46.9 Å². The van der Waals surface area contributed by atoms with Crippen molar-refractivity contribution < 1.29 is 19.8 Å². The maximum Gasteiger partial charge on any atom is 0.312 e. The van der Waals surface area contributed by atoms with Gasteiger partial charge in [0.05, 0.1) is 14.5 Å². The highest BCUT2D eigenvalue weighted by atomic mass is 79.9. The van der Waals surface area contributed by atoms with E-state index >= 15 is 0 Å². The van der Waals surface area contributed by atoms with Gasteiger partial charge < -0.3 is 15.5 Å². The number of hydrogen-bond acceptors (Lipinski definition) is 3. The van der Waals surface area contributed by atoms with Gasteiger partial charge in [0, 0.05) is 16.6 Å². The van der Waals surface area contributed by atoms with Crippen molar-refractivity contribution in [1.29, 1.82) is 0 Å². The molecular weight excluding hydrogens is 457 g/mol. The van der Waals surface area contributed by atoms with Crippen LogP contribution in [0.2, 0.25) is 10.0 Å². The van der Waals surface area contributed by atoms with Crippen LogP contribution < -0.4 is 5.32 Å². The Morgan fingerprint density at radius 1 is 1.04 bits per heavy atom.